The van der Waals surface area contributed by atoms with Crippen molar-refractivity contribution in [1.29, 1.82) is 5.26 Å². The van der Waals surface area contributed by atoms with Crippen molar-refractivity contribution in [3.05, 3.63) is 17.2 Å². The highest BCUT2D eigenvalue weighted by Crippen LogP contribution is 2.48. The molecule has 1 unspecified atom stereocenters. The SMILES string of the molecule is COc1cc2c(c(OC)c1OC)C(=O)N(CCCN(C)C)C2C#N. The molecule has 7 heteroatoms. The van der Waals surface area contributed by atoms with Crippen molar-refractivity contribution in [2.75, 3.05) is 48.5 Å². The van der Waals surface area contributed by atoms with Crippen LogP contribution < -0.4 is 14.2 Å². The van der Waals surface area contributed by atoms with E-state index in [4.69, 9.17) is 14.2 Å². The maximum atomic E-state index is 12.9. The minimum Gasteiger partial charge on any atom is -0.493 e. The molecule has 0 spiro atoms. The van der Waals surface area contributed by atoms with Crippen molar-refractivity contribution in [2.24, 2.45) is 0 Å². The first-order chi connectivity index (χ1) is 11.5. The maximum Gasteiger partial charge on any atom is 0.259 e. The van der Waals surface area contributed by atoms with Gasteiger partial charge in [0.2, 0.25) is 5.75 Å². The summed E-state index contributed by atoms with van der Waals surface area (Å²) in [4.78, 5) is 16.5. The summed E-state index contributed by atoms with van der Waals surface area (Å²) in [6, 6.07) is 3.26. The number of nitrogens with zero attached hydrogens (tertiary/aromatic N) is 3. The lowest BCUT2D eigenvalue weighted by Gasteiger charge is -2.21. The van der Waals surface area contributed by atoms with Crippen molar-refractivity contribution in [3.8, 4) is 23.3 Å². The van der Waals surface area contributed by atoms with E-state index in [-0.39, 0.29) is 5.91 Å². The lowest BCUT2D eigenvalue weighted by molar-refractivity contribution is 0.0749. The van der Waals surface area contributed by atoms with Gasteiger partial charge in [0.15, 0.2) is 11.5 Å². The summed E-state index contributed by atoms with van der Waals surface area (Å²) in [5.41, 5.74) is 0.980. The van der Waals surface area contributed by atoms with Gasteiger partial charge in [-0.1, -0.05) is 0 Å². The Hall–Kier alpha value is -2.46. The maximum absolute atomic E-state index is 12.9. The monoisotopic (exact) mass is 333 g/mol. The van der Waals surface area contributed by atoms with Gasteiger partial charge in [-0.25, -0.2) is 0 Å². The van der Waals surface area contributed by atoms with E-state index in [1.54, 1.807) is 11.0 Å². The second-order valence-corrected chi connectivity index (χ2v) is 5.80. The van der Waals surface area contributed by atoms with Gasteiger partial charge in [0.1, 0.15) is 6.04 Å². The van der Waals surface area contributed by atoms with Gasteiger partial charge in [-0.15, -0.1) is 0 Å². The molecule has 1 heterocycles. The Morgan fingerprint density at radius 1 is 1.21 bits per heavy atom. The molecule has 0 N–H and O–H groups in total. The Kier molecular flexibility index (Phi) is 5.52. The zero-order valence-corrected chi connectivity index (χ0v) is 14.8. The molecule has 1 aromatic rings. The smallest absolute Gasteiger partial charge is 0.259 e. The van der Waals surface area contributed by atoms with Gasteiger partial charge in [-0.3, -0.25) is 4.79 Å². The van der Waals surface area contributed by atoms with Crippen LogP contribution >= 0.6 is 0 Å². The number of nitriles is 1. The van der Waals surface area contributed by atoms with Crippen LogP contribution in [0.15, 0.2) is 6.07 Å². The van der Waals surface area contributed by atoms with Crippen LogP contribution in [0.25, 0.3) is 0 Å². The Balaban J connectivity index is 2.47. The summed E-state index contributed by atoms with van der Waals surface area (Å²) in [5, 5.41) is 9.60. The Labute approximate surface area is 142 Å². The molecule has 24 heavy (non-hydrogen) atoms. The largest absolute Gasteiger partial charge is 0.493 e. The molecule has 0 saturated heterocycles. The highest BCUT2D eigenvalue weighted by atomic mass is 16.5. The number of fused-ring (bicyclic) bond motifs is 1. The first-order valence-corrected chi connectivity index (χ1v) is 7.68. The molecule has 0 aliphatic carbocycles. The quantitative estimate of drug-likeness (QED) is 0.756. The standard InChI is InChI=1S/C17H23N3O4/c1-19(2)7-6-8-20-12(10-18)11-9-13(22-3)15(23-4)16(24-5)14(11)17(20)21/h9,12H,6-8H2,1-5H3. The fourth-order valence-electron chi connectivity index (χ4n) is 2.97. The summed E-state index contributed by atoms with van der Waals surface area (Å²) in [5.74, 6) is 0.899. The van der Waals surface area contributed by atoms with Gasteiger partial charge in [0.05, 0.1) is 33.0 Å². The lowest BCUT2D eigenvalue weighted by atomic mass is 10.0. The molecular formula is C17H23N3O4. The van der Waals surface area contributed by atoms with Crippen molar-refractivity contribution >= 4 is 5.91 Å². The van der Waals surface area contributed by atoms with E-state index in [1.165, 1.54) is 21.3 Å². The van der Waals surface area contributed by atoms with Gasteiger partial charge in [-0.2, -0.15) is 5.26 Å². The third kappa shape index (κ3) is 2.97. The molecule has 0 bridgehead atoms. The van der Waals surface area contributed by atoms with E-state index in [9.17, 15) is 10.1 Å². The van der Waals surface area contributed by atoms with E-state index >= 15 is 0 Å². The summed E-state index contributed by atoms with van der Waals surface area (Å²) < 4.78 is 16.1. The van der Waals surface area contributed by atoms with E-state index in [1.807, 2.05) is 19.0 Å². The predicted octanol–water partition coefficient (Wildman–Crippen LogP) is 1.68. The summed E-state index contributed by atoms with van der Waals surface area (Å²) in [7, 11) is 8.42. The Morgan fingerprint density at radius 3 is 2.38 bits per heavy atom. The molecule has 0 fully saturated rings. The third-order valence-corrected chi connectivity index (χ3v) is 4.07. The third-order valence-electron chi connectivity index (χ3n) is 4.07. The van der Waals surface area contributed by atoms with E-state index < -0.39 is 6.04 Å². The number of amides is 1. The Bertz CT molecular complexity index is 667. The van der Waals surface area contributed by atoms with Crippen LogP contribution in [0.2, 0.25) is 0 Å². The second kappa shape index (κ2) is 7.41. The zero-order chi connectivity index (χ0) is 17.9. The molecule has 1 aromatic carbocycles. The fraction of sp³-hybridized carbons (Fsp3) is 0.529. The van der Waals surface area contributed by atoms with Crippen LogP contribution in [0.1, 0.15) is 28.4 Å². The minimum absolute atomic E-state index is 0.215. The fourth-order valence-corrected chi connectivity index (χ4v) is 2.97. The molecule has 1 aliphatic heterocycles. The lowest BCUT2D eigenvalue weighted by Crippen LogP contribution is -2.30. The van der Waals surface area contributed by atoms with E-state index in [0.717, 1.165) is 13.0 Å². The van der Waals surface area contributed by atoms with Crippen molar-refractivity contribution in [3.63, 3.8) is 0 Å². The number of hydrogen-bond acceptors (Lipinski definition) is 6. The van der Waals surface area contributed by atoms with Gasteiger partial charge in [-0.05, 0) is 33.1 Å². The van der Waals surface area contributed by atoms with Gasteiger partial charge < -0.3 is 24.0 Å². The summed E-state index contributed by atoms with van der Waals surface area (Å²) in [6.07, 6.45) is 0.779. The molecule has 7 nitrogen and oxygen atoms in total. The van der Waals surface area contributed by atoms with Gasteiger partial charge >= 0.3 is 0 Å². The average molecular weight is 333 g/mol. The van der Waals surface area contributed by atoms with Gasteiger partial charge in [0, 0.05) is 12.1 Å². The average Bonchev–Trinajstić information content (AvgIpc) is 2.84. The number of hydrogen-bond donors (Lipinski definition) is 0. The summed E-state index contributed by atoms with van der Waals surface area (Å²) in [6.45, 7) is 1.33. The van der Waals surface area contributed by atoms with E-state index in [0.29, 0.717) is 34.9 Å². The molecule has 0 aromatic heterocycles. The van der Waals surface area contributed by atoms with Crippen molar-refractivity contribution < 1.29 is 19.0 Å². The highest BCUT2D eigenvalue weighted by molar-refractivity contribution is 6.03. The summed E-state index contributed by atoms with van der Waals surface area (Å²) >= 11 is 0. The highest BCUT2D eigenvalue weighted by Gasteiger charge is 2.41. The number of rotatable bonds is 7. The molecule has 0 radical (unpaired) electrons. The topological polar surface area (TPSA) is 75.0 Å². The van der Waals surface area contributed by atoms with Crippen molar-refractivity contribution in [1.82, 2.24) is 9.80 Å². The zero-order valence-electron chi connectivity index (χ0n) is 14.8. The van der Waals surface area contributed by atoms with Crippen LogP contribution in [-0.4, -0.2) is 64.2 Å². The first kappa shape index (κ1) is 17.9. The van der Waals surface area contributed by atoms with Crippen molar-refractivity contribution in [2.45, 2.75) is 12.5 Å². The molecule has 0 saturated carbocycles. The minimum atomic E-state index is -0.650. The Morgan fingerprint density at radius 2 is 1.88 bits per heavy atom. The molecule has 1 atom stereocenters. The molecule has 130 valence electrons. The normalized spacial score (nSPS) is 16.1. The number of ether oxygens (including phenoxy) is 3. The second-order valence-electron chi connectivity index (χ2n) is 5.80. The van der Waals surface area contributed by atoms with Crippen LogP contribution in [-0.2, 0) is 0 Å². The predicted molar refractivity (Wildman–Crippen MR) is 88.7 cm³/mol. The number of carbonyl (C=O) groups excluding carboxylic acids is 1. The molecule has 1 aliphatic rings. The number of benzene rings is 1. The van der Waals surface area contributed by atoms with Crippen LogP contribution in [0.3, 0.4) is 0 Å². The van der Waals surface area contributed by atoms with Crippen LogP contribution in [0.5, 0.6) is 17.2 Å². The van der Waals surface area contributed by atoms with Crippen LogP contribution in [0, 0.1) is 11.3 Å². The van der Waals surface area contributed by atoms with Gasteiger partial charge in [0.25, 0.3) is 5.91 Å². The van der Waals surface area contributed by atoms with E-state index in [2.05, 4.69) is 6.07 Å². The number of methoxy groups -OCH3 is 3. The van der Waals surface area contributed by atoms with Crippen LogP contribution in [0.4, 0.5) is 0 Å². The molecular weight excluding hydrogens is 310 g/mol. The number of carbonyl (C=O) groups is 1. The molecule has 2 rings (SSSR count). The molecule has 1 amide bonds. The first-order valence-electron chi connectivity index (χ1n) is 7.68.